The molecule has 1 fully saturated rings. The molecular weight excluding hydrogens is 302 g/mol. The lowest BCUT2D eigenvalue weighted by atomic mass is 10.1. The van der Waals surface area contributed by atoms with E-state index in [2.05, 4.69) is 32.9 Å². The van der Waals surface area contributed by atoms with Crippen molar-refractivity contribution in [1.29, 1.82) is 5.26 Å². The Morgan fingerprint density at radius 1 is 1.08 bits per heavy atom. The van der Waals surface area contributed by atoms with E-state index in [-0.39, 0.29) is 0 Å². The molecule has 2 heterocycles. The second-order valence-electron chi connectivity index (χ2n) is 6.22. The Morgan fingerprint density at radius 2 is 1.75 bits per heavy atom. The van der Waals surface area contributed by atoms with Gasteiger partial charge in [-0.25, -0.2) is 0 Å². The van der Waals surface area contributed by atoms with Crippen molar-refractivity contribution in [2.75, 3.05) is 26.2 Å². The van der Waals surface area contributed by atoms with Gasteiger partial charge in [0.25, 0.3) is 0 Å². The van der Waals surface area contributed by atoms with Crippen LogP contribution in [-0.4, -0.2) is 46.1 Å². The lowest BCUT2D eigenvalue weighted by Gasteiger charge is -2.33. The molecule has 0 radical (unpaired) electrons. The molecule has 0 aliphatic carbocycles. The maximum atomic E-state index is 8.85. The quantitative estimate of drug-likeness (QED) is 0.811. The highest BCUT2D eigenvalue weighted by Gasteiger charge is 2.19. The van der Waals surface area contributed by atoms with Gasteiger partial charge in [0, 0.05) is 39.1 Å². The van der Waals surface area contributed by atoms with Crippen LogP contribution < -0.4 is 0 Å². The average Bonchev–Trinajstić information content (AvgIpc) is 3.05. The normalized spacial score (nSPS) is 16.2. The first-order valence-corrected chi connectivity index (χ1v) is 8.52. The van der Waals surface area contributed by atoms with Crippen molar-refractivity contribution in [2.45, 2.75) is 32.9 Å². The first-order chi connectivity index (χ1) is 11.8. The predicted molar refractivity (Wildman–Crippen MR) is 90.0 cm³/mol. The number of nitriles is 1. The molecule has 1 aliphatic rings. The molecular formula is C18H23N5O. The van der Waals surface area contributed by atoms with Gasteiger partial charge in [-0.15, -0.1) is 0 Å². The van der Waals surface area contributed by atoms with Crippen LogP contribution in [0.1, 0.15) is 36.2 Å². The van der Waals surface area contributed by atoms with Gasteiger partial charge in [0.2, 0.25) is 5.89 Å². The van der Waals surface area contributed by atoms with E-state index in [1.54, 1.807) is 0 Å². The molecule has 3 rings (SSSR count). The van der Waals surface area contributed by atoms with Crippen molar-refractivity contribution < 1.29 is 4.52 Å². The Hall–Kier alpha value is -2.23. The van der Waals surface area contributed by atoms with E-state index >= 15 is 0 Å². The number of aromatic nitrogens is 2. The maximum absolute atomic E-state index is 8.85. The third-order valence-corrected chi connectivity index (χ3v) is 4.30. The molecule has 0 unspecified atom stereocenters. The highest BCUT2D eigenvalue weighted by molar-refractivity contribution is 5.31. The summed E-state index contributed by atoms with van der Waals surface area (Å²) in [4.78, 5) is 9.24. The molecule has 24 heavy (non-hydrogen) atoms. The van der Waals surface area contributed by atoms with Gasteiger partial charge in [0.05, 0.1) is 18.2 Å². The van der Waals surface area contributed by atoms with Gasteiger partial charge < -0.3 is 4.52 Å². The standard InChI is InChI=1S/C18H23N5O/c1-2-3-17-20-18(24-21-17)14-23-10-8-22(9-11-23)13-16-6-4-15(12-19)5-7-16/h4-7H,2-3,8-11,13-14H2,1H3. The number of hydrogen-bond donors (Lipinski definition) is 0. The first kappa shape index (κ1) is 16.6. The summed E-state index contributed by atoms with van der Waals surface area (Å²) in [6, 6.07) is 10.0. The fraction of sp³-hybridized carbons (Fsp3) is 0.500. The van der Waals surface area contributed by atoms with Gasteiger partial charge in [-0.3, -0.25) is 9.80 Å². The van der Waals surface area contributed by atoms with E-state index in [4.69, 9.17) is 9.78 Å². The Kier molecular flexibility index (Phi) is 5.57. The van der Waals surface area contributed by atoms with E-state index in [0.717, 1.165) is 63.8 Å². The predicted octanol–water partition coefficient (Wildman–Crippen LogP) is 2.21. The van der Waals surface area contributed by atoms with Gasteiger partial charge in [-0.2, -0.15) is 10.2 Å². The van der Waals surface area contributed by atoms with Crippen molar-refractivity contribution in [3.63, 3.8) is 0 Å². The number of benzene rings is 1. The maximum Gasteiger partial charge on any atom is 0.240 e. The lowest BCUT2D eigenvalue weighted by Crippen LogP contribution is -2.45. The van der Waals surface area contributed by atoms with Crippen LogP contribution in [0.5, 0.6) is 0 Å². The van der Waals surface area contributed by atoms with E-state index in [9.17, 15) is 0 Å². The minimum Gasteiger partial charge on any atom is -0.338 e. The molecule has 126 valence electrons. The van der Waals surface area contributed by atoms with Crippen molar-refractivity contribution in [2.24, 2.45) is 0 Å². The molecule has 1 aromatic heterocycles. The number of hydrogen-bond acceptors (Lipinski definition) is 6. The average molecular weight is 325 g/mol. The fourth-order valence-corrected chi connectivity index (χ4v) is 2.92. The zero-order valence-electron chi connectivity index (χ0n) is 14.1. The highest BCUT2D eigenvalue weighted by atomic mass is 16.5. The molecule has 0 amide bonds. The second kappa shape index (κ2) is 8.04. The van der Waals surface area contributed by atoms with E-state index in [1.165, 1.54) is 5.56 Å². The van der Waals surface area contributed by atoms with Crippen molar-refractivity contribution in [3.05, 3.63) is 47.1 Å². The molecule has 6 nitrogen and oxygen atoms in total. The van der Waals surface area contributed by atoms with Gasteiger partial charge >= 0.3 is 0 Å². The lowest BCUT2D eigenvalue weighted by molar-refractivity contribution is 0.112. The Balaban J connectivity index is 1.45. The van der Waals surface area contributed by atoms with Crippen LogP contribution in [0.25, 0.3) is 0 Å². The summed E-state index contributed by atoms with van der Waals surface area (Å²) in [5, 5.41) is 12.9. The van der Waals surface area contributed by atoms with Gasteiger partial charge in [0.15, 0.2) is 5.82 Å². The zero-order valence-corrected chi connectivity index (χ0v) is 14.1. The summed E-state index contributed by atoms with van der Waals surface area (Å²) in [5.41, 5.74) is 1.97. The number of aryl methyl sites for hydroxylation is 1. The van der Waals surface area contributed by atoms with Gasteiger partial charge in [-0.05, 0) is 24.1 Å². The fourth-order valence-electron chi connectivity index (χ4n) is 2.92. The number of nitrogens with zero attached hydrogens (tertiary/aromatic N) is 5. The summed E-state index contributed by atoms with van der Waals surface area (Å²) < 4.78 is 5.32. The molecule has 0 spiro atoms. The van der Waals surface area contributed by atoms with Crippen molar-refractivity contribution in [3.8, 4) is 6.07 Å². The van der Waals surface area contributed by atoms with Crippen molar-refractivity contribution >= 4 is 0 Å². The van der Waals surface area contributed by atoms with E-state index < -0.39 is 0 Å². The smallest absolute Gasteiger partial charge is 0.240 e. The summed E-state index contributed by atoms with van der Waals surface area (Å²) in [7, 11) is 0. The van der Waals surface area contributed by atoms with Crippen LogP contribution in [0.2, 0.25) is 0 Å². The van der Waals surface area contributed by atoms with E-state index in [1.807, 2.05) is 24.3 Å². The van der Waals surface area contributed by atoms with Crippen LogP contribution in [0.3, 0.4) is 0 Å². The van der Waals surface area contributed by atoms with E-state index in [0.29, 0.717) is 5.56 Å². The third-order valence-electron chi connectivity index (χ3n) is 4.30. The minimum atomic E-state index is 0.713. The van der Waals surface area contributed by atoms with Gasteiger partial charge in [0.1, 0.15) is 0 Å². The molecule has 2 aromatic rings. The molecule has 0 saturated carbocycles. The van der Waals surface area contributed by atoms with Crippen LogP contribution in [-0.2, 0) is 19.5 Å². The van der Waals surface area contributed by atoms with Crippen LogP contribution in [0, 0.1) is 11.3 Å². The molecule has 6 heteroatoms. The topological polar surface area (TPSA) is 69.2 Å². The molecule has 0 N–H and O–H groups in total. The minimum absolute atomic E-state index is 0.713. The third kappa shape index (κ3) is 4.40. The van der Waals surface area contributed by atoms with Crippen LogP contribution >= 0.6 is 0 Å². The van der Waals surface area contributed by atoms with Crippen LogP contribution in [0.15, 0.2) is 28.8 Å². The molecule has 1 saturated heterocycles. The summed E-state index contributed by atoms with van der Waals surface area (Å²) in [5.74, 6) is 1.53. The number of piperazine rings is 1. The SMILES string of the molecule is CCCc1noc(CN2CCN(Cc3ccc(C#N)cc3)CC2)n1. The highest BCUT2D eigenvalue weighted by Crippen LogP contribution is 2.12. The Bertz CT molecular complexity index is 680. The molecule has 1 aromatic carbocycles. The molecule has 0 bridgehead atoms. The summed E-state index contributed by atoms with van der Waals surface area (Å²) in [6.07, 6.45) is 1.91. The summed E-state index contributed by atoms with van der Waals surface area (Å²) in [6.45, 7) is 7.83. The number of rotatable bonds is 6. The van der Waals surface area contributed by atoms with Crippen LogP contribution in [0.4, 0.5) is 0 Å². The largest absolute Gasteiger partial charge is 0.338 e. The Morgan fingerprint density at radius 3 is 2.38 bits per heavy atom. The monoisotopic (exact) mass is 325 g/mol. The molecule has 1 aliphatic heterocycles. The Labute approximate surface area is 142 Å². The molecule has 0 atom stereocenters. The first-order valence-electron chi connectivity index (χ1n) is 8.52. The van der Waals surface area contributed by atoms with Crippen molar-refractivity contribution in [1.82, 2.24) is 19.9 Å². The van der Waals surface area contributed by atoms with Gasteiger partial charge in [-0.1, -0.05) is 24.2 Å². The zero-order chi connectivity index (χ0) is 16.8. The summed E-state index contributed by atoms with van der Waals surface area (Å²) >= 11 is 0. The second-order valence-corrected chi connectivity index (χ2v) is 6.22.